The SMILES string of the molecule is CCCCC(C)(C)[Si](C)(C)CCCC(OO)C(C)(C)CC(C)(CC1CN(c2ccccc2)CC1C)C(=O)O. The minimum absolute atomic E-state index is 0.303. The Balaban J connectivity index is 2.06. The number of benzene rings is 1. The van der Waals surface area contributed by atoms with Crippen LogP contribution < -0.4 is 4.90 Å². The van der Waals surface area contributed by atoms with Crippen LogP contribution in [0.1, 0.15) is 93.4 Å². The monoisotopic (exact) mass is 547 g/mol. The zero-order valence-corrected chi connectivity index (χ0v) is 26.8. The number of unbranched alkanes of at least 4 members (excludes halogenated alkanes) is 1. The van der Waals surface area contributed by atoms with E-state index in [-0.39, 0.29) is 6.10 Å². The van der Waals surface area contributed by atoms with Gasteiger partial charge in [-0.2, -0.15) is 0 Å². The van der Waals surface area contributed by atoms with Crippen molar-refractivity contribution in [3.8, 4) is 0 Å². The van der Waals surface area contributed by atoms with Crippen molar-refractivity contribution in [3.63, 3.8) is 0 Å². The molecule has 0 amide bonds. The van der Waals surface area contributed by atoms with E-state index in [2.05, 4.69) is 83.8 Å². The van der Waals surface area contributed by atoms with Crippen molar-refractivity contribution in [3.05, 3.63) is 30.3 Å². The zero-order valence-electron chi connectivity index (χ0n) is 25.8. The van der Waals surface area contributed by atoms with Crippen molar-refractivity contribution in [1.29, 1.82) is 0 Å². The zero-order chi connectivity index (χ0) is 28.8. The number of carboxylic acid groups (broad SMARTS) is 1. The van der Waals surface area contributed by atoms with E-state index in [4.69, 9.17) is 4.89 Å². The second kappa shape index (κ2) is 13.3. The summed E-state index contributed by atoms with van der Waals surface area (Å²) >= 11 is 0. The van der Waals surface area contributed by atoms with Gasteiger partial charge in [-0.15, -0.1) is 0 Å². The highest BCUT2D eigenvalue weighted by Crippen LogP contribution is 2.47. The molecule has 0 bridgehead atoms. The van der Waals surface area contributed by atoms with Crippen LogP contribution in [0, 0.1) is 22.7 Å². The normalized spacial score (nSPS) is 21.4. The van der Waals surface area contributed by atoms with Gasteiger partial charge in [0.05, 0.1) is 19.6 Å². The van der Waals surface area contributed by atoms with Crippen LogP contribution in [0.5, 0.6) is 0 Å². The average molecular weight is 548 g/mol. The molecule has 1 fully saturated rings. The van der Waals surface area contributed by atoms with Gasteiger partial charge in [-0.05, 0) is 60.6 Å². The van der Waals surface area contributed by atoms with Crippen LogP contribution in [0.3, 0.4) is 0 Å². The molecule has 2 rings (SSSR count). The van der Waals surface area contributed by atoms with E-state index in [1.54, 1.807) is 0 Å². The molecule has 1 saturated heterocycles. The summed E-state index contributed by atoms with van der Waals surface area (Å²) in [7, 11) is -1.47. The molecule has 1 heterocycles. The summed E-state index contributed by atoms with van der Waals surface area (Å²) < 4.78 is 0. The van der Waals surface area contributed by atoms with Gasteiger partial charge in [0.25, 0.3) is 0 Å². The largest absolute Gasteiger partial charge is 0.481 e. The highest BCUT2D eigenvalue weighted by molar-refractivity contribution is 6.80. The molecule has 1 aromatic rings. The molecular weight excluding hydrogens is 490 g/mol. The van der Waals surface area contributed by atoms with Crippen molar-refractivity contribution in [2.45, 2.75) is 124 Å². The molecule has 4 atom stereocenters. The molecule has 1 aromatic carbocycles. The van der Waals surface area contributed by atoms with Crippen molar-refractivity contribution in [2.24, 2.45) is 22.7 Å². The van der Waals surface area contributed by atoms with Crippen LogP contribution in [-0.2, 0) is 9.68 Å². The number of carboxylic acids is 1. The van der Waals surface area contributed by atoms with E-state index in [0.29, 0.717) is 29.7 Å². The van der Waals surface area contributed by atoms with E-state index in [1.165, 1.54) is 31.0 Å². The second-order valence-electron chi connectivity index (χ2n) is 14.6. The quantitative estimate of drug-likeness (QED) is 0.123. The van der Waals surface area contributed by atoms with Crippen molar-refractivity contribution in [1.82, 2.24) is 0 Å². The molecule has 5 nitrogen and oxygen atoms in total. The lowest BCUT2D eigenvalue weighted by Gasteiger charge is -2.42. The second-order valence-corrected chi connectivity index (χ2v) is 20.2. The molecule has 0 aromatic heterocycles. The van der Waals surface area contributed by atoms with Gasteiger partial charge in [-0.1, -0.05) is 105 Å². The number of nitrogens with zero attached hydrogens (tertiary/aromatic N) is 1. The maximum Gasteiger partial charge on any atom is 0.309 e. The standard InChI is InChI=1S/C32H57NO4Si/c1-10-11-19-31(5,6)38(8,9)20-15-18-28(37-36)30(3,4)24-32(7,29(34)35)21-26-23-33(22-25(26)2)27-16-13-12-14-17-27/h12-14,16-17,25-26,28,36H,10-11,15,18-24H2,1-9H3,(H,34,35). The molecular formula is C32H57NO4Si. The Morgan fingerprint density at radius 3 is 2.29 bits per heavy atom. The Bertz CT molecular complexity index is 871. The Morgan fingerprint density at radius 2 is 1.74 bits per heavy atom. The van der Waals surface area contributed by atoms with Crippen LogP contribution >= 0.6 is 0 Å². The predicted molar refractivity (Wildman–Crippen MR) is 163 cm³/mol. The van der Waals surface area contributed by atoms with Gasteiger partial charge < -0.3 is 10.0 Å². The van der Waals surface area contributed by atoms with Crippen LogP contribution in [-0.4, -0.2) is 43.6 Å². The number of hydrogen-bond donors (Lipinski definition) is 2. The third-order valence-corrected chi connectivity index (χ3v) is 15.7. The molecule has 1 aliphatic rings. The summed E-state index contributed by atoms with van der Waals surface area (Å²) in [5.41, 5.74) is -0.147. The van der Waals surface area contributed by atoms with Gasteiger partial charge in [0.2, 0.25) is 0 Å². The van der Waals surface area contributed by atoms with E-state index in [0.717, 1.165) is 25.9 Å². The van der Waals surface area contributed by atoms with Crippen molar-refractivity contribution >= 4 is 19.7 Å². The van der Waals surface area contributed by atoms with E-state index in [1.807, 2.05) is 13.0 Å². The van der Waals surface area contributed by atoms with Gasteiger partial charge in [0, 0.05) is 18.8 Å². The van der Waals surface area contributed by atoms with Gasteiger partial charge in [-0.3, -0.25) is 10.1 Å². The average Bonchev–Trinajstić information content (AvgIpc) is 3.20. The summed E-state index contributed by atoms with van der Waals surface area (Å²) in [6, 6.07) is 11.6. The number of carbonyl (C=O) groups is 1. The van der Waals surface area contributed by atoms with E-state index < -0.39 is 24.9 Å². The first kappa shape index (κ1) is 32.8. The Hall–Kier alpha value is -1.37. The lowest BCUT2D eigenvalue weighted by atomic mass is 9.66. The molecule has 0 spiro atoms. The van der Waals surface area contributed by atoms with Crippen LogP contribution in [0.25, 0.3) is 0 Å². The van der Waals surface area contributed by atoms with Crippen LogP contribution in [0.15, 0.2) is 30.3 Å². The van der Waals surface area contributed by atoms with Gasteiger partial charge in [0.15, 0.2) is 0 Å². The summed E-state index contributed by atoms with van der Waals surface area (Å²) in [6.07, 6.45) is 6.24. The fraction of sp³-hybridized carbons (Fsp3) is 0.781. The first-order valence-electron chi connectivity index (χ1n) is 14.9. The first-order valence-corrected chi connectivity index (χ1v) is 18.1. The highest BCUT2D eigenvalue weighted by atomic mass is 28.3. The number of hydrogen-bond acceptors (Lipinski definition) is 4. The highest BCUT2D eigenvalue weighted by Gasteiger charge is 2.46. The number of para-hydroxylation sites is 1. The summed E-state index contributed by atoms with van der Waals surface area (Å²) in [5.74, 6) is -0.0262. The smallest absolute Gasteiger partial charge is 0.309 e. The predicted octanol–water partition coefficient (Wildman–Crippen LogP) is 8.97. The Morgan fingerprint density at radius 1 is 1.11 bits per heavy atom. The van der Waals surface area contributed by atoms with E-state index >= 15 is 0 Å². The molecule has 38 heavy (non-hydrogen) atoms. The lowest BCUT2D eigenvalue weighted by molar-refractivity contribution is -0.305. The third-order valence-electron chi connectivity index (χ3n) is 10.2. The number of anilines is 1. The van der Waals surface area contributed by atoms with Gasteiger partial charge in [-0.25, -0.2) is 4.89 Å². The van der Waals surface area contributed by atoms with Crippen LogP contribution in [0.2, 0.25) is 24.2 Å². The third kappa shape index (κ3) is 8.31. The van der Waals surface area contributed by atoms with Crippen molar-refractivity contribution < 1.29 is 20.0 Å². The molecule has 0 radical (unpaired) electrons. The van der Waals surface area contributed by atoms with Crippen LogP contribution in [0.4, 0.5) is 5.69 Å². The van der Waals surface area contributed by atoms with Gasteiger partial charge in [0.1, 0.15) is 0 Å². The number of aliphatic carboxylic acids is 1. The van der Waals surface area contributed by atoms with Crippen molar-refractivity contribution in [2.75, 3.05) is 18.0 Å². The Kier molecular flexibility index (Phi) is 11.5. The molecule has 218 valence electrons. The molecule has 2 N–H and O–H groups in total. The molecule has 0 saturated carbocycles. The molecule has 6 heteroatoms. The fourth-order valence-electron chi connectivity index (χ4n) is 6.69. The van der Waals surface area contributed by atoms with Gasteiger partial charge >= 0.3 is 5.97 Å². The molecule has 1 aliphatic heterocycles. The fourth-order valence-corrected chi connectivity index (χ4v) is 9.31. The number of rotatable bonds is 16. The minimum Gasteiger partial charge on any atom is -0.481 e. The summed E-state index contributed by atoms with van der Waals surface area (Å²) in [6.45, 7) is 22.2. The first-order chi connectivity index (χ1) is 17.6. The molecule has 4 unspecified atom stereocenters. The summed E-state index contributed by atoms with van der Waals surface area (Å²) in [5, 5.41) is 20.7. The minimum atomic E-state index is -1.47. The maximum atomic E-state index is 12.7. The Labute approximate surface area is 234 Å². The van der Waals surface area contributed by atoms with E-state index in [9.17, 15) is 15.2 Å². The maximum absolute atomic E-state index is 12.7. The lowest BCUT2D eigenvalue weighted by Crippen LogP contribution is -2.42. The summed E-state index contributed by atoms with van der Waals surface area (Å²) in [4.78, 5) is 20.2. The topological polar surface area (TPSA) is 70.0 Å². The molecule has 0 aliphatic carbocycles.